The summed E-state index contributed by atoms with van der Waals surface area (Å²) in [7, 11) is 1.53. The van der Waals surface area contributed by atoms with E-state index in [9.17, 15) is 4.79 Å². The molecule has 0 atom stereocenters. The lowest BCUT2D eigenvalue weighted by Gasteiger charge is -2.11. The minimum Gasteiger partial charge on any atom is -0.493 e. The fraction of sp³-hybridized carbons (Fsp3) is 0.176. The van der Waals surface area contributed by atoms with Crippen molar-refractivity contribution >= 4 is 40.9 Å². The number of ether oxygens (including phenoxy) is 3. The van der Waals surface area contributed by atoms with Gasteiger partial charge in [0.1, 0.15) is 0 Å². The van der Waals surface area contributed by atoms with Crippen LogP contribution in [-0.4, -0.2) is 25.6 Å². The van der Waals surface area contributed by atoms with Gasteiger partial charge in [0.2, 0.25) is 5.90 Å². The van der Waals surface area contributed by atoms with E-state index < -0.39 is 5.97 Å². The summed E-state index contributed by atoms with van der Waals surface area (Å²) >= 11 is 7.69. The maximum Gasteiger partial charge on any atom is 0.363 e. The standard InChI is InChI=1S/C17H14ClNO4S/c1-3-22-15-11(18)7-10(9-13(15)21-2)8-12-17(20)23-16(19-12)14-5-4-6-24-14/h4-9H,3H2,1-2H3. The smallest absolute Gasteiger partial charge is 0.363 e. The molecule has 2 aromatic rings. The number of carbonyl (C=O) groups is 1. The Balaban J connectivity index is 1.96. The van der Waals surface area contributed by atoms with Crippen LogP contribution in [0.15, 0.2) is 40.3 Å². The predicted molar refractivity (Wildman–Crippen MR) is 94.1 cm³/mol. The van der Waals surface area contributed by atoms with Crippen molar-refractivity contribution in [2.24, 2.45) is 4.99 Å². The number of benzene rings is 1. The van der Waals surface area contributed by atoms with Crippen LogP contribution in [0.1, 0.15) is 17.4 Å². The molecule has 0 saturated heterocycles. The molecule has 3 rings (SSSR count). The van der Waals surface area contributed by atoms with Crippen LogP contribution < -0.4 is 9.47 Å². The van der Waals surface area contributed by atoms with E-state index in [0.29, 0.717) is 34.6 Å². The van der Waals surface area contributed by atoms with Crippen LogP contribution in [0.2, 0.25) is 5.02 Å². The second kappa shape index (κ2) is 7.07. The molecule has 0 aliphatic carbocycles. The van der Waals surface area contributed by atoms with E-state index in [1.165, 1.54) is 18.4 Å². The van der Waals surface area contributed by atoms with Gasteiger partial charge in [-0.15, -0.1) is 11.3 Å². The van der Waals surface area contributed by atoms with E-state index >= 15 is 0 Å². The van der Waals surface area contributed by atoms with Crippen molar-refractivity contribution in [2.45, 2.75) is 6.92 Å². The van der Waals surface area contributed by atoms with Crippen molar-refractivity contribution in [1.82, 2.24) is 0 Å². The highest BCUT2D eigenvalue weighted by Crippen LogP contribution is 2.37. The second-order valence-electron chi connectivity index (χ2n) is 4.78. The molecular formula is C17H14ClNO4S. The number of hydrogen-bond acceptors (Lipinski definition) is 6. The molecule has 7 heteroatoms. The van der Waals surface area contributed by atoms with Gasteiger partial charge in [0.25, 0.3) is 0 Å². The van der Waals surface area contributed by atoms with Crippen LogP contribution in [-0.2, 0) is 9.53 Å². The van der Waals surface area contributed by atoms with Crippen molar-refractivity contribution in [1.29, 1.82) is 0 Å². The molecule has 0 bridgehead atoms. The maximum atomic E-state index is 12.0. The summed E-state index contributed by atoms with van der Waals surface area (Å²) in [6, 6.07) is 7.13. The monoisotopic (exact) mass is 363 g/mol. The van der Waals surface area contributed by atoms with Gasteiger partial charge in [-0.3, -0.25) is 0 Å². The number of nitrogens with zero attached hydrogens (tertiary/aromatic N) is 1. The lowest BCUT2D eigenvalue weighted by atomic mass is 10.1. The SMILES string of the molecule is CCOc1c(Cl)cc(C=C2N=C(c3cccs3)OC2=O)cc1OC. The van der Waals surface area contributed by atoms with Gasteiger partial charge in [0.15, 0.2) is 17.2 Å². The Morgan fingerprint density at radius 3 is 2.92 bits per heavy atom. The third-order valence-electron chi connectivity index (χ3n) is 3.20. The predicted octanol–water partition coefficient (Wildman–Crippen LogP) is 4.15. The fourth-order valence-corrected chi connectivity index (χ4v) is 3.10. The number of methoxy groups -OCH3 is 1. The first-order valence-corrected chi connectivity index (χ1v) is 8.45. The summed E-state index contributed by atoms with van der Waals surface area (Å²) in [6.07, 6.45) is 1.60. The Hall–Kier alpha value is -2.31. The van der Waals surface area contributed by atoms with Gasteiger partial charge < -0.3 is 14.2 Å². The van der Waals surface area contributed by atoms with Crippen molar-refractivity contribution in [3.8, 4) is 11.5 Å². The third kappa shape index (κ3) is 3.29. The molecule has 5 nitrogen and oxygen atoms in total. The zero-order valence-corrected chi connectivity index (χ0v) is 14.6. The van der Waals surface area contributed by atoms with E-state index in [2.05, 4.69) is 4.99 Å². The highest BCUT2D eigenvalue weighted by Gasteiger charge is 2.25. The second-order valence-corrected chi connectivity index (χ2v) is 6.14. The number of esters is 1. The Morgan fingerprint density at radius 2 is 2.25 bits per heavy atom. The first-order valence-electron chi connectivity index (χ1n) is 7.19. The van der Waals surface area contributed by atoms with Crippen molar-refractivity contribution in [3.63, 3.8) is 0 Å². The van der Waals surface area contributed by atoms with Crippen LogP contribution in [0.3, 0.4) is 0 Å². The Kier molecular flexibility index (Phi) is 4.87. The average molecular weight is 364 g/mol. The van der Waals surface area contributed by atoms with Gasteiger partial charge in [-0.25, -0.2) is 9.79 Å². The molecule has 0 spiro atoms. The molecule has 0 saturated carbocycles. The molecule has 1 aliphatic rings. The van der Waals surface area contributed by atoms with Crippen molar-refractivity contribution < 1.29 is 19.0 Å². The molecule has 1 aliphatic heterocycles. The van der Waals surface area contributed by atoms with Crippen LogP contribution in [0, 0.1) is 0 Å². The quantitative estimate of drug-likeness (QED) is 0.591. The van der Waals surface area contributed by atoms with Gasteiger partial charge in [-0.2, -0.15) is 0 Å². The number of hydrogen-bond donors (Lipinski definition) is 0. The Labute approximate surface area is 148 Å². The highest BCUT2D eigenvalue weighted by atomic mass is 35.5. The fourth-order valence-electron chi connectivity index (χ4n) is 2.18. The minimum absolute atomic E-state index is 0.209. The molecular weight excluding hydrogens is 350 g/mol. The van der Waals surface area contributed by atoms with E-state index in [0.717, 1.165) is 4.88 Å². The number of rotatable bonds is 5. The number of carbonyl (C=O) groups excluding carboxylic acids is 1. The molecule has 0 amide bonds. The summed E-state index contributed by atoms with van der Waals surface area (Å²) in [5.41, 5.74) is 0.879. The Morgan fingerprint density at radius 1 is 1.42 bits per heavy atom. The first-order chi connectivity index (χ1) is 11.6. The van der Waals surface area contributed by atoms with E-state index in [1.54, 1.807) is 18.2 Å². The molecule has 0 N–H and O–H groups in total. The summed E-state index contributed by atoms with van der Waals surface area (Å²) in [5.74, 6) is 0.776. The summed E-state index contributed by atoms with van der Waals surface area (Å²) in [4.78, 5) is 17.1. The van der Waals surface area contributed by atoms with Crippen LogP contribution in [0.5, 0.6) is 11.5 Å². The average Bonchev–Trinajstić information content (AvgIpc) is 3.20. The number of cyclic esters (lactones) is 1. The van der Waals surface area contributed by atoms with Gasteiger partial charge in [0.05, 0.1) is 23.6 Å². The maximum absolute atomic E-state index is 12.0. The zero-order valence-electron chi connectivity index (χ0n) is 13.0. The third-order valence-corrected chi connectivity index (χ3v) is 4.33. The van der Waals surface area contributed by atoms with E-state index in [-0.39, 0.29) is 5.70 Å². The molecule has 124 valence electrons. The van der Waals surface area contributed by atoms with Gasteiger partial charge in [-0.05, 0) is 42.1 Å². The van der Waals surface area contributed by atoms with Gasteiger partial charge in [0, 0.05) is 0 Å². The minimum atomic E-state index is -0.498. The number of aliphatic imine (C=N–C) groups is 1. The summed E-state index contributed by atoms with van der Waals surface area (Å²) in [6.45, 7) is 2.33. The number of thiophene rings is 1. The number of halogens is 1. The largest absolute Gasteiger partial charge is 0.493 e. The molecule has 0 unspecified atom stereocenters. The molecule has 0 radical (unpaired) electrons. The van der Waals surface area contributed by atoms with Crippen LogP contribution in [0.25, 0.3) is 6.08 Å². The first kappa shape index (κ1) is 16.5. The molecule has 2 heterocycles. The Bertz CT molecular complexity index is 827. The normalized spacial score (nSPS) is 15.4. The van der Waals surface area contributed by atoms with Crippen molar-refractivity contribution in [3.05, 3.63) is 50.8 Å². The highest BCUT2D eigenvalue weighted by molar-refractivity contribution is 7.12. The molecule has 1 aromatic heterocycles. The molecule has 24 heavy (non-hydrogen) atoms. The lowest BCUT2D eigenvalue weighted by Crippen LogP contribution is -2.03. The van der Waals surface area contributed by atoms with Crippen LogP contribution >= 0.6 is 22.9 Å². The van der Waals surface area contributed by atoms with Gasteiger partial charge in [-0.1, -0.05) is 17.7 Å². The zero-order chi connectivity index (χ0) is 17.1. The molecule has 0 fully saturated rings. The summed E-state index contributed by atoms with van der Waals surface area (Å²) < 4.78 is 16.0. The van der Waals surface area contributed by atoms with Crippen molar-refractivity contribution in [2.75, 3.05) is 13.7 Å². The summed E-state index contributed by atoms with van der Waals surface area (Å²) in [5, 5.41) is 2.29. The van der Waals surface area contributed by atoms with Crippen LogP contribution in [0.4, 0.5) is 0 Å². The van der Waals surface area contributed by atoms with E-state index in [1.807, 2.05) is 24.4 Å². The molecule has 1 aromatic carbocycles. The lowest BCUT2D eigenvalue weighted by molar-refractivity contribution is -0.129. The van der Waals surface area contributed by atoms with Gasteiger partial charge >= 0.3 is 5.97 Å². The topological polar surface area (TPSA) is 57.1 Å². The van der Waals surface area contributed by atoms with E-state index in [4.69, 9.17) is 25.8 Å².